The number of hydrogen-bond acceptors (Lipinski definition) is 9. The van der Waals surface area contributed by atoms with Gasteiger partial charge in [-0.3, -0.25) is 4.79 Å². The number of aryl methyl sites for hydroxylation is 1. The topological polar surface area (TPSA) is 112 Å². The molecule has 3 rings (SSSR count). The zero-order valence-corrected chi connectivity index (χ0v) is 22.5. The molecule has 2 aromatic carbocycles. The maximum absolute atomic E-state index is 13.7. The lowest BCUT2D eigenvalue weighted by Gasteiger charge is -2.21. The van der Waals surface area contributed by atoms with Gasteiger partial charge in [0.25, 0.3) is 5.56 Å². The Morgan fingerprint density at radius 2 is 1.53 bits per heavy atom. The molecule has 0 spiro atoms. The fourth-order valence-corrected chi connectivity index (χ4v) is 4.72. The Balaban J connectivity index is 2.72. The summed E-state index contributed by atoms with van der Waals surface area (Å²) in [5.74, 6) is 0.477. The third kappa shape index (κ3) is 4.34. The van der Waals surface area contributed by atoms with Gasteiger partial charge in [-0.2, -0.15) is 0 Å². The van der Waals surface area contributed by atoms with Crippen LogP contribution < -0.4 is 24.5 Å². The van der Waals surface area contributed by atoms with Crippen molar-refractivity contribution in [3.05, 3.63) is 44.3 Å². The fourth-order valence-electron chi connectivity index (χ4n) is 4.11. The SMILES string of the molecule is CCOC(=O)n1c(C(=O)OC)c(-c2cc(Br)c(OC)c(OC)c2)c2c(C)c(OC)c(OC)cc2c1=O. The second kappa shape index (κ2) is 10.9. The van der Waals surface area contributed by atoms with Crippen molar-refractivity contribution in [3.8, 4) is 34.1 Å². The summed E-state index contributed by atoms with van der Waals surface area (Å²) in [5.41, 5.74) is 0.0630. The molecule has 10 nitrogen and oxygen atoms in total. The Hall–Kier alpha value is -3.73. The minimum Gasteiger partial charge on any atom is -0.493 e. The fraction of sp³-hybridized carbons (Fsp3) is 0.320. The summed E-state index contributed by atoms with van der Waals surface area (Å²) in [6.45, 7) is 3.29. The predicted octanol–water partition coefficient (Wildman–Crippen LogP) is 4.57. The number of methoxy groups -OCH3 is 5. The molecule has 0 radical (unpaired) electrons. The molecule has 1 aromatic heterocycles. The zero-order valence-electron chi connectivity index (χ0n) is 20.9. The van der Waals surface area contributed by atoms with Gasteiger partial charge in [0, 0.05) is 16.5 Å². The first-order valence-corrected chi connectivity index (χ1v) is 11.5. The molecule has 0 bridgehead atoms. The van der Waals surface area contributed by atoms with Crippen LogP contribution in [-0.4, -0.2) is 58.8 Å². The smallest absolute Gasteiger partial charge is 0.421 e. The van der Waals surface area contributed by atoms with E-state index in [1.807, 2.05) is 0 Å². The van der Waals surface area contributed by atoms with Gasteiger partial charge < -0.3 is 28.4 Å². The molecule has 0 N–H and O–H groups in total. The van der Waals surface area contributed by atoms with Crippen molar-refractivity contribution in [2.24, 2.45) is 0 Å². The summed E-state index contributed by atoms with van der Waals surface area (Å²) in [6.07, 6.45) is -1.03. The zero-order chi connectivity index (χ0) is 26.7. The van der Waals surface area contributed by atoms with Gasteiger partial charge in [-0.05, 0) is 53.5 Å². The van der Waals surface area contributed by atoms with Crippen LogP contribution in [0.5, 0.6) is 23.0 Å². The van der Waals surface area contributed by atoms with Gasteiger partial charge in [0.15, 0.2) is 23.0 Å². The van der Waals surface area contributed by atoms with E-state index < -0.39 is 17.6 Å². The van der Waals surface area contributed by atoms with Gasteiger partial charge in [0.2, 0.25) is 0 Å². The lowest BCUT2D eigenvalue weighted by molar-refractivity contribution is 0.0585. The average Bonchev–Trinajstić information content (AvgIpc) is 2.87. The van der Waals surface area contributed by atoms with Crippen molar-refractivity contribution < 1.29 is 38.0 Å². The lowest BCUT2D eigenvalue weighted by atomic mass is 9.92. The molecule has 0 aliphatic carbocycles. The molecule has 0 fully saturated rings. The van der Waals surface area contributed by atoms with E-state index >= 15 is 0 Å². The third-order valence-electron chi connectivity index (χ3n) is 5.60. The highest BCUT2D eigenvalue weighted by Crippen LogP contribution is 2.45. The van der Waals surface area contributed by atoms with E-state index in [1.54, 1.807) is 26.0 Å². The van der Waals surface area contributed by atoms with E-state index in [-0.39, 0.29) is 29.0 Å². The predicted molar refractivity (Wildman–Crippen MR) is 136 cm³/mol. The van der Waals surface area contributed by atoms with Crippen LogP contribution in [0.25, 0.3) is 21.9 Å². The Bertz CT molecular complexity index is 1410. The number of rotatable bonds is 7. The molecule has 0 amide bonds. The number of carbonyl (C=O) groups excluding carboxylic acids is 2. The minimum atomic E-state index is -1.03. The highest BCUT2D eigenvalue weighted by atomic mass is 79.9. The van der Waals surface area contributed by atoms with Crippen molar-refractivity contribution in [3.63, 3.8) is 0 Å². The number of nitrogens with zero attached hydrogens (tertiary/aromatic N) is 1. The van der Waals surface area contributed by atoms with Gasteiger partial charge in [0.05, 0.1) is 52.0 Å². The molecule has 36 heavy (non-hydrogen) atoms. The standard InChI is InChI=1S/C25H26BrNO9/c1-8-36-25(30)27-20(24(29)35-7)19(13-9-15(26)22(34-6)16(10-13)31-3)18-12(2)21(33-5)17(32-4)11-14(18)23(27)28/h9-11H,8H2,1-7H3. The first kappa shape index (κ1) is 26.9. The number of esters is 1. The summed E-state index contributed by atoms with van der Waals surface area (Å²) < 4.78 is 33.2. The van der Waals surface area contributed by atoms with E-state index in [4.69, 9.17) is 28.4 Å². The number of ether oxygens (including phenoxy) is 6. The second-order valence-electron chi connectivity index (χ2n) is 7.41. The quantitative estimate of drug-likeness (QED) is 0.381. The molecular weight excluding hydrogens is 538 g/mol. The van der Waals surface area contributed by atoms with Crippen LogP contribution in [0, 0.1) is 6.92 Å². The van der Waals surface area contributed by atoms with Crippen molar-refractivity contribution >= 4 is 38.8 Å². The normalized spacial score (nSPS) is 10.7. The number of pyridine rings is 1. The molecule has 0 saturated carbocycles. The molecule has 0 unspecified atom stereocenters. The first-order chi connectivity index (χ1) is 17.2. The second-order valence-corrected chi connectivity index (χ2v) is 8.26. The Kier molecular flexibility index (Phi) is 8.13. The molecule has 3 aromatic rings. The molecule has 1 heterocycles. The van der Waals surface area contributed by atoms with Gasteiger partial charge >= 0.3 is 12.1 Å². The monoisotopic (exact) mass is 563 g/mol. The molecule has 11 heteroatoms. The molecule has 192 valence electrons. The molecular formula is C25H26BrNO9. The Morgan fingerprint density at radius 1 is 0.917 bits per heavy atom. The number of hydrogen-bond donors (Lipinski definition) is 0. The first-order valence-electron chi connectivity index (χ1n) is 10.7. The summed E-state index contributed by atoms with van der Waals surface area (Å²) in [6, 6.07) is 4.76. The molecule has 0 saturated heterocycles. The summed E-state index contributed by atoms with van der Waals surface area (Å²) >= 11 is 3.47. The molecule has 0 aliphatic heterocycles. The van der Waals surface area contributed by atoms with Crippen molar-refractivity contribution in [1.29, 1.82) is 0 Å². The van der Waals surface area contributed by atoms with E-state index in [9.17, 15) is 14.4 Å². The number of carbonyl (C=O) groups is 2. The molecule has 0 aliphatic rings. The average molecular weight is 564 g/mol. The number of aromatic nitrogens is 1. The number of benzene rings is 2. The van der Waals surface area contributed by atoms with Crippen LogP contribution in [0.1, 0.15) is 23.0 Å². The highest BCUT2D eigenvalue weighted by molar-refractivity contribution is 9.10. The van der Waals surface area contributed by atoms with Crippen LogP contribution in [-0.2, 0) is 9.47 Å². The van der Waals surface area contributed by atoms with Crippen LogP contribution in [0.15, 0.2) is 27.5 Å². The van der Waals surface area contributed by atoms with Crippen molar-refractivity contribution in [1.82, 2.24) is 4.57 Å². The van der Waals surface area contributed by atoms with Crippen LogP contribution in [0.4, 0.5) is 4.79 Å². The summed E-state index contributed by atoms with van der Waals surface area (Å²) in [4.78, 5) is 39.9. The van der Waals surface area contributed by atoms with E-state index in [1.165, 1.54) is 34.5 Å². The maximum atomic E-state index is 13.7. The van der Waals surface area contributed by atoms with Crippen molar-refractivity contribution in [2.45, 2.75) is 13.8 Å². The molecule has 0 atom stereocenters. The van der Waals surface area contributed by atoms with E-state index in [0.717, 1.165) is 7.11 Å². The number of halogens is 1. The third-order valence-corrected chi connectivity index (χ3v) is 6.19. The van der Waals surface area contributed by atoms with E-state index in [2.05, 4.69) is 15.9 Å². The van der Waals surface area contributed by atoms with Crippen molar-refractivity contribution in [2.75, 3.05) is 42.2 Å². The van der Waals surface area contributed by atoms with Gasteiger partial charge in [-0.25, -0.2) is 14.2 Å². The van der Waals surface area contributed by atoms with Crippen LogP contribution >= 0.6 is 15.9 Å². The lowest BCUT2D eigenvalue weighted by Crippen LogP contribution is -2.34. The maximum Gasteiger partial charge on any atom is 0.421 e. The van der Waals surface area contributed by atoms with Crippen LogP contribution in [0.2, 0.25) is 0 Å². The van der Waals surface area contributed by atoms with Crippen LogP contribution in [0.3, 0.4) is 0 Å². The van der Waals surface area contributed by atoms with Gasteiger partial charge in [-0.1, -0.05) is 0 Å². The minimum absolute atomic E-state index is 0.0217. The summed E-state index contributed by atoms with van der Waals surface area (Å²) in [5, 5.41) is 0.462. The Morgan fingerprint density at radius 3 is 2.06 bits per heavy atom. The Labute approximate surface area is 215 Å². The van der Waals surface area contributed by atoms with E-state index in [0.29, 0.717) is 42.8 Å². The number of fused-ring (bicyclic) bond motifs is 1. The largest absolute Gasteiger partial charge is 0.493 e. The van der Waals surface area contributed by atoms with Gasteiger partial charge in [-0.15, -0.1) is 0 Å². The highest BCUT2D eigenvalue weighted by Gasteiger charge is 2.31. The summed E-state index contributed by atoms with van der Waals surface area (Å²) in [7, 11) is 7.00. The van der Waals surface area contributed by atoms with Gasteiger partial charge in [0.1, 0.15) is 5.69 Å².